The van der Waals surface area contributed by atoms with Gasteiger partial charge in [0.2, 0.25) is 6.29 Å². The molecule has 0 saturated carbocycles. The predicted octanol–water partition coefficient (Wildman–Crippen LogP) is 5.07. The summed E-state index contributed by atoms with van der Waals surface area (Å²) < 4.78 is 10.7. The SMILES string of the molecule is C=Cc1c(C)c2cc3[nH]c(cc4nc(cc5nc(cc1[nH]2)C(C)=C5CCC(=O)O[C@@H]1O[C@H](CO)[C@@H](O)[C@H](O)[C@H]1O)C(CCC(=O)O)=C4C)c(C)c3C=C. The van der Waals surface area contributed by atoms with Gasteiger partial charge in [-0.3, -0.25) is 9.59 Å². The monoisotopic (exact) mass is 724 g/mol. The average molecular weight is 725 g/mol. The molecule has 0 spiro atoms. The number of hydrogen-bond acceptors (Lipinski definition) is 10. The van der Waals surface area contributed by atoms with Crippen LogP contribution in [0.1, 0.15) is 84.6 Å². The van der Waals surface area contributed by atoms with Gasteiger partial charge >= 0.3 is 11.9 Å². The molecule has 0 radical (unpaired) electrons. The minimum Gasteiger partial charge on any atom is -0.481 e. The molecule has 3 aliphatic heterocycles. The number of allylic oxidation sites excluding steroid dienone is 4. The van der Waals surface area contributed by atoms with Crippen LogP contribution in [-0.2, 0) is 19.1 Å². The van der Waals surface area contributed by atoms with Crippen molar-refractivity contribution in [2.45, 2.75) is 84.1 Å². The standard InChI is InChI=1S/C40H44N4O9/c1-7-22-18(3)26-13-27-20(5)24(9-11-35(46)47)32(43-27)16-33-25(10-12-36(48)53-40-39(51)38(50)37(49)34(17-45)52-40)21(6)29(44-33)15-31-23(8-2)19(4)28(42-31)14-30(22)41-26/h7-8,13-16,34,37-42,45,49-51H,1-2,9-12,17H2,3-6H3,(H,46,47)/t34-,37-,38+,39-,40+/m1/s1. The number of carbonyl (C=O) groups excluding carboxylic acids is 1. The number of aryl methyl sites for hydroxylation is 2. The van der Waals surface area contributed by atoms with Gasteiger partial charge in [0.1, 0.15) is 24.4 Å². The van der Waals surface area contributed by atoms with Gasteiger partial charge in [0.05, 0.1) is 29.4 Å². The number of aromatic nitrogens is 4. The third-order valence-electron chi connectivity index (χ3n) is 10.3. The van der Waals surface area contributed by atoms with Gasteiger partial charge < -0.3 is 45.0 Å². The number of esters is 1. The Hall–Kier alpha value is -5.18. The van der Waals surface area contributed by atoms with E-state index in [1.165, 1.54) is 0 Å². The van der Waals surface area contributed by atoms with Gasteiger partial charge in [0, 0.05) is 46.0 Å². The van der Waals surface area contributed by atoms with Crippen molar-refractivity contribution in [3.8, 4) is 0 Å². The smallest absolute Gasteiger partial charge is 0.308 e. The van der Waals surface area contributed by atoms with E-state index in [1.54, 1.807) is 6.08 Å². The minimum atomic E-state index is -1.72. The number of carbonyl (C=O) groups is 2. The van der Waals surface area contributed by atoms with E-state index in [-0.39, 0.29) is 25.7 Å². The molecular formula is C40H44N4O9. The number of aliphatic hydroxyl groups is 4. The van der Waals surface area contributed by atoms with Crippen molar-refractivity contribution in [3.63, 3.8) is 0 Å². The number of carboxylic acid groups (broad SMARTS) is 1. The van der Waals surface area contributed by atoms with Gasteiger partial charge in [-0.25, -0.2) is 9.97 Å². The van der Waals surface area contributed by atoms with E-state index in [1.807, 2.05) is 58.0 Å². The zero-order chi connectivity index (χ0) is 38.3. The van der Waals surface area contributed by atoms with Crippen molar-refractivity contribution >= 4 is 68.4 Å². The van der Waals surface area contributed by atoms with E-state index in [2.05, 4.69) is 23.1 Å². The Morgan fingerprint density at radius 1 is 0.755 bits per heavy atom. The maximum Gasteiger partial charge on any atom is 0.308 e. The molecule has 53 heavy (non-hydrogen) atoms. The first-order chi connectivity index (χ1) is 25.3. The van der Waals surface area contributed by atoms with Crippen molar-refractivity contribution in [1.82, 2.24) is 19.9 Å². The second kappa shape index (κ2) is 15.0. The Kier molecular flexibility index (Phi) is 10.7. The lowest BCUT2D eigenvalue weighted by Crippen LogP contribution is -2.59. The van der Waals surface area contributed by atoms with Crippen LogP contribution in [0.15, 0.2) is 37.4 Å². The number of aliphatic hydroxyl groups excluding tert-OH is 4. The number of ether oxygens (including phenoxy) is 2. The van der Waals surface area contributed by atoms with E-state index >= 15 is 0 Å². The third kappa shape index (κ3) is 7.13. The summed E-state index contributed by atoms with van der Waals surface area (Å²) in [5.41, 5.74) is 12.6. The van der Waals surface area contributed by atoms with Gasteiger partial charge in [0.15, 0.2) is 0 Å². The zero-order valence-corrected chi connectivity index (χ0v) is 30.1. The molecule has 0 aromatic carbocycles. The highest BCUT2D eigenvalue weighted by Gasteiger charge is 2.45. The molecule has 1 saturated heterocycles. The molecule has 0 amide bonds. The topological polar surface area (TPSA) is 211 Å². The molecule has 13 heteroatoms. The summed E-state index contributed by atoms with van der Waals surface area (Å²) in [6.45, 7) is 15.3. The number of carboxylic acids is 1. The largest absolute Gasteiger partial charge is 0.481 e. The maximum absolute atomic E-state index is 13.1. The van der Waals surface area contributed by atoms with Crippen LogP contribution in [0.25, 0.3) is 56.5 Å². The van der Waals surface area contributed by atoms with Crippen LogP contribution < -0.4 is 0 Å². The van der Waals surface area contributed by atoms with Crippen LogP contribution in [-0.4, -0.2) is 94.7 Å². The Morgan fingerprint density at radius 2 is 1.26 bits per heavy atom. The highest BCUT2D eigenvalue weighted by Crippen LogP contribution is 2.38. The highest BCUT2D eigenvalue weighted by molar-refractivity contribution is 5.97. The fourth-order valence-electron chi connectivity index (χ4n) is 7.12. The summed E-state index contributed by atoms with van der Waals surface area (Å²) in [6.07, 6.45) is -4.11. The van der Waals surface area contributed by atoms with Crippen LogP contribution in [0.4, 0.5) is 0 Å². The highest BCUT2D eigenvalue weighted by atomic mass is 16.7. The van der Waals surface area contributed by atoms with Crippen molar-refractivity contribution in [3.05, 3.63) is 82.5 Å². The lowest BCUT2D eigenvalue weighted by Gasteiger charge is -2.39. The van der Waals surface area contributed by atoms with Gasteiger partial charge in [-0.05, 0) is 98.2 Å². The lowest BCUT2D eigenvalue weighted by atomic mass is 9.98. The van der Waals surface area contributed by atoms with Gasteiger partial charge in [-0.2, -0.15) is 0 Å². The predicted molar refractivity (Wildman–Crippen MR) is 202 cm³/mol. The van der Waals surface area contributed by atoms with E-state index in [0.29, 0.717) is 22.8 Å². The summed E-state index contributed by atoms with van der Waals surface area (Å²) in [5.74, 6) is -1.69. The first kappa shape index (κ1) is 37.6. The number of aliphatic carboxylic acids is 1. The number of nitrogens with one attached hydrogen (secondary N) is 2. The second-order valence-electron chi connectivity index (χ2n) is 13.5. The Bertz CT molecular complexity index is 2240. The molecule has 1 fully saturated rings. The fourth-order valence-corrected chi connectivity index (χ4v) is 7.12. The van der Waals surface area contributed by atoms with E-state index < -0.39 is 49.3 Å². The molecule has 8 bridgehead atoms. The minimum absolute atomic E-state index is 0.101. The quantitative estimate of drug-likeness (QED) is 0.137. The first-order valence-electron chi connectivity index (χ1n) is 17.4. The van der Waals surface area contributed by atoms with Crippen molar-refractivity contribution in [2.24, 2.45) is 0 Å². The Morgan fingerprint density at radius 3 is 1.79 bits per heavy atom. The molecule has 0 aliphatic carbocycles. The van der Waals surface area contributed by atoms with Crippen LogP contribution in [0.5, 0.6) is 0 Å². The number of aromatic amines is 2. The molecule has 6 heterocycles. The number of nitrogens with zero attached hydrogens (tertiary/aromatic N) is 2. The van der Waals surface area contributed by atoms with Gasteiger partial charge in [-0.15, -0.1) is 0 Å². The van der Waals surface area contributed by atoms with Crippen LogP contribution >= 0.6 is 0 Å². The molecule has 7 N–H and O–H groups in total. The molecular weight excluding hydrogens is 680 g/mol. The summed E-state index contributed by atoms with van der Waals surface area (Å²) in [5, 5.41) is 49.8. The summed E-state index contributed by atoms with van der Waals surface area (Å²) >= 11 is 0. The van der Waals surface area contributed by atoms with E-state index in [4.69, 9.17) is 19.4 Å². The zero-order valence-electron chi connectivity index (χ0n) is 30.1. The molecule has 3 aromatic heterocycles. The summed E-state index contributed by atoms with van der Waals surface area (Å²) in [7, 11) is 0. The second-order valence-corrected chi connectivity index (χ2v) is 13.5. The Balaban J connectivity index is 1.50. The van der Waals surface area contributed by atoms with Gasteiger partial charge in [-0.1, -0.05) is 25.3 Å². The Labute approximate surface area is 305 Å². The third-order valence-corrected chi connectivity index (χ3v) is 10.3. The lowest BCUT2D eigenvalue weighted by molar-refractivity contribution is -0.292. The summed E-state index contributed by atoms with van der Waals surface area (Å²) in [4.78, 5) is 41.9. The first-order valence-corrected chi connectivity index (χ1v) is 17.4. The van der Waals surface area contributed by atoms with Crippen LogP contribution in [0, 0.1) is 13.8 Å². The molecule has 3 aromatic rings. The number of fused-ring (bicyclic) bond motifs is 8. The molecule has 6 rings (SSSR count). The summed E-state index contributed by atoms with van der Waals surface area (Å²) in [6, 6.07) is 7.71. The van der Waals surface area contributed by atoms with Crippen molar-refractivity contribution < 1.29 is 44.6 Å². The normalized spacial score (nSPS) is 21.5. The van der Waals surface area contributed by atoms with Crippen LogP contribution in [0.2, 0.25) is 0 Å². The maximum atomic E-state index is 13.1. The van der Waals surface area contributed by atoms with Crippen LogP contribution in [0.3, 0.4) is 0 Å². The molecule has 278 valence electrons. The number of H-pyrrole nitrogens is 2. The average Bonchev–Trinajstić information content (AvgIpc) is 3.79. The molecule has 0 unspecified atom stereocenters. The molecule has 13 nitrogen and oxygen atoms in total. The van der Waals surface area contributed by atoms with Crippen molar-refractivity contribution in [1.29, 1.82) is 0 Å². The molecule has 5 atom stereocenters. The van der Waals surface area contributed by atoms with E-state index in [9.17, 15) is 35.1 Å². The van der Waals surface area contributed by atoms with Crippen molar-refractivity contribution in [2.75, 3.05) is 6.61 Å². The molecule has 3 aliphatic rings. The number of hydrogen-bond donors (Lipinski definition) is 7. The fraction of sp³-hybridized carbons (Fsp3) is 0.350. The van der Waals surface area contributed by atoms with E-state index in [0.717, 1.165) is 66.6 Å². The number of rotatable bonds is 10. The van der Waals surface area contributed by atoms with Gasteiger partial charge in [0.25, 0.3) is 0 Å².